The van der Waals surface area contributed by atoms with Gasteiger partial charge in [0.05, 0.1) is 11.4 Å². The quantitative estimate of drug-likeness (QED) is 0.594. The van der Waals surface area contributed by atoms with E-state index in [1.165, 1.54) is 36.4 Å². The topological polar surface area (TPSA) is 82.9 Å². The van der Waals surface area contributed by atoms with Crippen molar-refractivity contribution >= 4 is 17.5 Å². The third-order valence-corrected chi connectivity index (χ3v) is 3.70. The van der Waals surface area contributed by atoms with Crippen molar-refractivity contribution in [2.24, 2.45) is 0 Å². The number of hydrogen-bond donors (Lipinski definition) is 2. The largest absolute Gasteiger partial charge is 0.573 e. The molecule has 10 heteroatoms. The molecule has 0 unspecified atom stereocenters. The highest BCUT2D eigenvalue weighted by atomic mass is 19.4. The van der Waals surface area contributed by atoms with Gasteiger partial charge in [0, 0.05) is 18.7 Å². The summed E-state index contributed by atoms with van der Waals surface area (Å²) >= 11 is 0. The van der Waals surface area contributed by atoms with Crippen LogP contribution in [-0.4, -0.2) is 23.4 Å². The highest BCUT2D eigenvalue weighted by molar-refractivity contribution is 5.70. The van der Waals surface area contributed by atoms with Gasteiger partial charge in [0.25, 0.3) is 0 Å². The first-order valence-electron chi connectivity index (χ1n) is 8.17. The Bertz CT molecular complexity index is 1080. The maximum atomic E-state index is 13.8. The summed E-state index contributed by atoms with van der Waals surface area (Å²) in [6, 6.07) is 12.6. The molecule has 2 aromatic carbocycles. The van der Waals surface area contributed by atoms with E-state index < -0.39 is 17.9 Å². The van der Waals surface area contributed by atoms with Gasteiger partial charge in [0.15, 0.2) is 0 Å². The van der Waals surface area contributed by atoms with Crippen molar-refractivity contribution in [1.29, 1.82) is 5.26 Å². The summed E-state index contributed by atoms with van der Waals surface area (Å²) in [5.74, 6) is -0.714. The average molecular weight is 403 g/mol. The molecule has 0 radical (unpaired) electrons. The van der Waals surface area contributed by atoms with Crippen LogP contribution in [0.3, 0.4) is 0 Å². The van der Waals surface area contributed by atoms with E-state index in [9.17, 15) is 17.6 Å². The molecule has 0 bridgehead atoms. The molecule has 0 saturated carbocycles. The lowest BCUT2D eigenvalue weighted by Crippen LogP contribution is -2.17. The molecule has 0 fully saturated rings. The minimum Gasteiger partial charge on any atom is -0.406 e. The second-order valence-corrected chi connectivity index (χ2v) is 5.69. The lowest BCUT2D eigenvalue weighted by Gasteiger charge is -2.12. The fourth-order valence-corrected chi connectivity index (χ4v) is 2.50. The van der Waals surface area contributed by atoms with Gasteiger partial charge in [-0.1, -0.05) is 18.2 Å². The van der Waals surface area contributed by atoms with E-state index >= 15 is 0 Å². The van der Waals surface area contributed by atoms with Crippen molar-refractivity contribution in [3.8, 4) is 23.1 Å². The number of rotatable bonds is 5. The minimum atomic E-state index is -4.82. The Balaban J connectivity index is 2.00. The summed E-state index contributed by atoms with van der Waals surface area (Å²) in [4.78, 5) is 8.41. The highest BCUT2D eigenvalue weighted by Crippen LogP contribution is 2.30. The summed E-state index contributed by atoms with van der Waals surface area (Å²) < 4.78 is 55.2. The third kappa shape index (κ3) is 4.90. The van der Waals surface area contributed by atoms with Gasteiger partial charge in [-0.3, -0.25) is 0 Å². The summed E-state index contributed by atoms with van der Waals surface area (Å²) in [6.07, 6.45) is -4.82. The molecule has 2 N–H and O–H groups in total. The summed E-state index contributed by atoms with van der Waals surface area (Å²) in [5, 5.41) is 14.7. The maximum absolute atomic E-state index is 13.8. The summed E-state index contributed by atoms with van der Waals surface area (Å²) in [7, 11) is 1.56. The van der Waals surface area contributed by atoms with Crippen LogP contribution in [0.2, 0.25) is 0 Å². The minimum absolute atomic E-state index is 0.169. The van der Waals surface area contributed by atoms with Gasteiger partial charge in [-0.05, 0) is 24.3 Å². The number of halogens is 4. The van der Waals surface area contributed by atoms with Gasteiger partial charge in [-0.25, -0.2) is 9.37 Å². The summed E-state index contributed by atoms with van der Waals surface area (Å²) in [5.41, 5.74) is 0.621. The first-order chi connectivity index (χ1) is 13.8. The lowest BCUT2D eigenvalue weighted by molar-refractivity contribution is -0.274. The van der Waals surface area contributed by atoms with Gasteiger partial charge in [0.1, 0.15) is 29.0 Å². The van der Waals surface area contributed by atoms with Crippen LogP contribution in [0.5, 0.6) is 5.75 Å². The van der Waals surface area contributed by atoms with E-state index in [0.29, 0.717) is 5.56 Å². The second kappa shape index (κ2) is 8.02. The standard InChI is InChI=1S/C19H13F4N5O/c1-25-18-27-16(11-4-2-5-12(8-11)29-19(21,22)23)9-17(28-18)26-15-7-3-6-14(20)13(15)10-24/h2-9H,1H3,(H2,25,26,27,28). The molecule has 0 saturated heterocycles. The molecular formula is C19H13F4N5O. The van der Waals surface area contributed by atoms with Crippen LogP contribution >= 0.6 is 0 Å². The predicted octanol–water partition coefficient (Wildman–Crippen LogP) is 4.84. The molecule has 3 rings (SSSR count). The van der Waals surface area contributed by atoms with Gasteiger partial charge in [-0.2, -0.15) is 10.2 Å². The van der Waals surface area contributed by atoms with Crippen molar-refractivity contribution in [3.63, 3.8) is 0 Å². The highest BCUT2D eigenvalue weighted by Gasteiger charge is 2.31. The van der Waals surface area contributed by atoms with Crippen molar-refractivity contribution < 1.29 is 22.3 Å². The molecule has 6 nitrogen and oxygen atoms in total. The van der Waals surface area contributed by atoms with Crippen molar-refractivity contribution in [1.82, 2.24) is 9.97 Å². The van der Waals surface area contributed by atoms with Crippen LogP contribution in [0.25, 0.3) is 11.3 Å². The zero-order chi connectivity index (χ0) is 21.0. The molecule has 0 amide bonds. The zero-order valence-corrected chi connectivity index (χ0v) is 14.9. The molecular weight excluding hydrogens is 390 g/mol. The molecule has 0 aliphatic heterocycles. The number of ether oxygens (including phenoxy) is 1. The molecule has 1 heterocycles. The van der Waals surface area contributed by atoms with Crippen molar-refractivity contribution in [3.05, 3.63) is 59.9 Å². The molecule has 148 valence electrons. The SMILES string of the molecule is CNc1nc(Nc2cccc(F)c2C#N)cc(-c2cccc(OC(F)(F)F)c2)n1. The monoisotopic (exact) mass is 403 g/mol. The summed E-state index contributed by atoms with van der Waals surface area (Å²) in [6.45, 7) is 0. The number of hydrogen-bond acceptors (Lipinski definition) is 6. The number of nitrogens with zero attached hydrogens (tertiary/aromatic N) is 3. The molecule has 0 spiro atoms. The predicted molar refractivity (Wildman–Crippen MR) is 98.1 cm³/mol. The second-order valence-electron chi connectivity index (χ2n) is 5.69. The Labute approximate surface area is 162 Å². The van der Waals surface area contributed by atoms with Crippen LogP contribution in [-0.2, 0) is 0 Å². The number of aromatic nitrogens is 2. The van der Waals surface area contributed by atoms with Crippen LogP contribution < -0.4 is 15.4 Å². The molecule has 1 aromatic heterocycles. The molecule has 0 aliphatic carbocycles. The number of alkyl halides is 3. The van der Waals surface area contributed by atoms with E-state index in [1.807, 2.05) is 0 Å². The number of nitriles is 1. The fraction of sp³-hybridized carbons (Fsp3) is 0.105. The molecule has 29 heavy (non-hydrogen) atoms. The Hall–Kier alpha value is -3.87. The van der Waals surface area contributed by atoms with Crippen molar-refractivity contribution in [2.45, 2.75) is 6.36 Å². The Kier molecular flexibility index (Phi) is 5.50. The third-order valence-electron chi connectivity index (χ3n) is 3.70. The number of anilines is 3. The number of nitrogens with one attached hydrogen (secondary N) is 2. The van der Waals surface area contributed by atoms with Crippen LogP contribution in [0.1, 0.15) is 5.56 Å². The van der Waals surface area contributed by atoms with E-state index in [0.717, 1.165) is 6.07 Å². The van der Waals surface area contributed by atoms with Gasteiger partial charge < -0.3 is 15.4 Å². The Morgan fingerprint density at radius 2 is 1.83 bits per heavy atom. The van der Waals surface area contributed by atoms with Gasteiger partial charge in [0.2, 0.25) is 5.95 Å². The van der Waals surface area contributed by atoms with Gasteiger partial charge in [-0.15, -0.1) is 13.2 Å². The van der Waals surface area contributed by atoms with Crippen molar-refractivity contribution in [2.75, 3.05) is 17.7 Å². The van der Waals surface area contributed by atoms with Crippen LogP contribution in [0, 0.1) is 17.1 Å². The molecule has 0 atom stereocenters. The van der Waals surface area contributed by atoms with E-state index in [1.54, 1.807) is 19.2 Å². The lowest BCUT2D eigenvalue weighted by atomic mass is 10.1. The average Bonchev–Trinajstić information content (AvgIpc) is 2.67. The Morgan fingerprint density at radius 1 is 1.07 bits per heavy atom. The van der Waals surface area contributed by atoms with E-state index in [-0.39, 0.29) is 28.7 Å². The maximum Gasteiger partial charge on any atom is 0.573 e. The molecule has 0 aliphatic rings. The van der Waals surface area contributed by atoms with Gasteiger partial charge >= 0.3 is 6.36 Å². The smallest absolute Gasteiger partial charge is 0.406 e. The van der Waals surface area contributed by atoms with E-state index in [4.69, 9.17) is 5.26 Å². The number of benzene rings is 2. The normalized spacial score (nSPS) is 10.9. The first-order valence-corrected chi connectivity index (χ1v) is 8.17. The molecule has 3 aromatic rings. The van der Waals surface area contributed by atoms with Crippen LogP contribution in [0.15, 0.2) is 48.5 Å². The first kappa shape index (κ1) is 19.9. The Morgan fingerprint density at radius 3 is 2.52 bits per heavy atom. The van der Waals surface area contributed by atoms with Crippen LogP contribution in [0.4, 0.5) is 35.0 Å². The van der Waals surface area contributed by atoms with E-state index in [2.05, 4.69) is 25.3 Å². The zero-order valence-electron chi connectivity index (χ0n) is 14.9. The fourth-order valence-electron chi connectivity index (χ4n) is 2.50.